The fourth-order valence-electron chi connectivity index (χ4n) is 1.56. The summed E-state index contributed by atoms with van der Waals surface area (Å²) in [6.45, 7) is 2.02. The second kappa shape index (κ2) is 5.72. The molecule has 4 nitrogen and oxygen atoms in total. The number of nitrogen functional groups attached to an aromatic ring is 1. The van der Waals surface area contributed by atoms with Gasteiger partial charge in [-0.25, -0.2) is 0 Å². The highest BCUT2D eigenvalue weighted by Crippen LogP contribution is 2.27. The molecule has 0 spiro atoms. The molecule has 90 valence electrons. The molecule has 0 bridgehead atoms. The van der Waals surface area contributed by atoms with E-state index in [-0.39, 0.29) is 6.04 Å². The number of anilines is 1. The maximum Gasteiger partial charge on any atom is 0.120 e. The van der Waals surface area contributed by atoms with E-state index in [4.69, 9.17) is 10.5 Å². The Morgan fingerprint density at radius 3 is 2.69 bits per heavy atom. The smallest absolute Gasteiger partial charge is 0.120 e. The summed E-state index contributed by atoms with van der Waals surface area (Å²) in [7, 11) is 3.46. The topological polar surface area (TPSA) is 67.5 Å². The van der Waals surface area contributed by atoms with Crippen LogP contribution in [0.5, 0.6) is 5.75 Å². The number of aliphatic hydroxyl groups is 1. The Balaban J connectivity index is 2.79. The Kier molecular flexibility index (Phi) is 4.58. The predicted molar refractivity (Wildman–Crippen MR) is 65.5 cm³/mol. The van der Waals surface area contributed by atoms with Gasteiger partial charge in [0.05, 0.1) is 13.2 Å². The molecule has 4 N–H and O–H groups in total. The zero-order valence-electron chi connectivity index (χ0n) is 10.0. The van der Waals surface area contributed by atoms with Gasteiger partial charge >= 0.3 is 0 Å². The molecule has 16 heavy (non-hydrogen) atoms. The Morgan fingerprint density at radius 2 is 2.19 bits per heavy atom. The van der Waals surface area contributed by atoms with E-state index in [1.807, 2.05) is 14.0 Å². The van der Waals surface area contributed by atoms with Crippen LogP contribution in [-0.4, -0.2) is 25.3 Å². The normalized spacial score (nSPS) is 14.5. The molecule has 0 aliphatic rings. The van der Waals surface area contributed by atoms with Crippen molar-refractivity contribution in [2.75, 3.05) is 19.9 Å². The molecule has 0 radical (unpaired) electrons. The minimum Gasteiger partial charge on any atom is -0.497 e. The number of nitrogens with two attached hydrogens (primary N) is 1. The van der Waals surface area contributed by atoms with E-state index >= 15 is 0 Å². The molecule has 0 saturated carbocycles. The van der Waals surface area contributed by atoms with Crippen LogP contribution in [0.3, 0.4) is 0 Å². The lowest BCUT2D eigenvalue weighted by molar-refractivity contribution is 0.156. The fourth-order valence-corrected chi connectivity index (χ4v) is 1.56. The highest BCUT2D eigenvalue weighted by atomic mass is 16.5. The van der Waals surface area contributed by atoms with E-state index in [2.05, 4.69) is 5.32 Å². The van der Waals surface area contributed by atoms with Crippen molar-refractivity contribution in [3.63, 3.8) is 0 Å². The first-order valence-corrected chi connectivity index (χ1v) is 5.37. The first kappa shape index (κ1) is 12.8. The van der Waals surface area contributed by atoms with Crippen molar-refractivity contribution < 1.29 is 9.84 Å². The minimum atomic E-state index is -0.548. The average molecular weight is 224 g/mol. The van der Waals surface area contributed by atoms with Gasteiger partial charge in [0, 0.05) is 23.4 Å². The van der Waals surface area contributed by atoms with Crippen LogP contribution in [0.2, 0.25) is 0 Å². The third kappa shape index (κ3) is 3.12. The van der Waals surface area contributed by atoms with E-state index in [1.54, 1.807) is 25.3 Å². The van der Waals surface area contributed by atoms with Gasteiger partial charge in [0.15, 0.2) is 0 Å². The van der Waals surface area contributed by atoms with Crippen molar-refractivity contribution in [3.8, 4) is 5.75 Å². The van der Waals surface area contributed by atoms with Crippen molar-refractivity contribution in [2.24, 2.45) is 0 Å². The predicted octanol–water partition coefficient (Wildman–Crippen LogP) is 1.31. The largest absolute Gasteiger partial charge is 0.497 e. The quantitative estimate of drug-likeness (QED) is 0.660. The summed E-state index contributed by atoms with van der Waals surface area (Å²) >= 11 is 0. The lowest BCUT2D eigenvalue weighted by atomic mass is 10.0. The van der Waals surface area contributed by atoms with Crippen molar-refractivity contribution in [2.45, 2.75) is 25.5 Å². The second-order valence-electron chi connectivity index (χ2n) is 3.94. The van der Waals surface area contributed by atoms with Gasteiger partial charge in [0.1, 0.15) is 5.75 Å². The van der Waals surface area contributed by atoms with Crippen LogP contribution in [0.1, 0.15) is 25.0 Å². The van der Waals surface area contributed by atoms with E-state index in [1.165, 1.54) is 0 Å². The van der Waals surface area contributed by atoms with Crippen LogP contribution in [0.4, 0.5) is 5.69 Å². The minimum absolute atomic E-state index is 0.247. The van der Waals surface area contributed by atoms with Crippen LogP contribution in [0, 0.1) is 0 Å². The number of aliphatic hydroxyl groups excluding tert-OH is 1. The molecule has 0 heterocycles. The zero-order valence-corrected chi connectivity index (χ0v) is 10.0. The highest BCUT2D eigenvalue weighted by Gasteiger charge is 2.14. The summed E-state index contributed by atoms with van der Waals surface area (Å²) in [5.74, 6) is 0.704. The van der Waals surface area contributed by atoms with Crippen molar-refractivity contribution in [3.05, 3.63) is 23.8 Å². The summed E-state index contributed by atoms with van der Waals surface area (Å²) in [6.07, 6.45) is 0.0842. The Labute approximate surface area is 96.4 Å². The van der Waals surface area contributed by atoms with Gasteiger partial charge in [-0.1, -0.05) is 6.07 Å². The summed E-state index contributed by atoms with van der Waals surface area (Å²) in [4.78, 5) is 0. The number of methoxy groups -OCH3 is 1. The second-order valence-corrected chi connectivity index (χ2v) is 3.94. The van der Waals surface area contributed by atoms with Gasteiger partial charge in [-0.05, 0) is 26.5 Å². The molecule has 0 aliphatic heterocycles. The Hall–Kier alpha value is -1.26. The third-order valence-corrected chi connectivity index (χ3v) is 2.72. The van der Waals surface area contributed by atoms with E-state index in [9.17, 15) is 5.11 Å². The highest BCUT2D eigenvalue weighted by molar-refractivity contribution is 5.52. The van der Waals surface area contributed by atoms with Gasteiger partial charge in [0.2, 0.25) is 0 Å². The summed E-state index contributed by atoms with van der Waals surface area (Å²) in [5, 5.41) is 13.1. The van der Waals surface area contributed by atoms with Gasteiger partial charge in [-0.2, -0.15) is 0 Å². The third-order valence-electron chi connectivity index (χ3n) is 2.72. The maximum atomic E-state index is 10.0. The van der Waals surface area contributed by atoms with Crippen molar-refractivity contribution in [1.29, 1.82) is 0 Å². The van der Waals surface area contributed by atoms with Gasteiger partial charge in [0.25, 0.3) is 0 Å². The van der Waals surface area contributed by atoms with Crippen LogP contribution in [0.15, 0.2) is 18.2 Å². The number of ether oxygens (including phenoxy) is 1. The summed E-state index contributed by atoms with van der Waals surface area (Å²) in [5.41, 5.74) is 7.17. The van der Waals surface area contributed by atoms with Crippen LogP contribution < -0.4 is 15.8 Å². The first-order valence-electron chi connectivity index (χ1n) is 5.37. The molecule has 4 heteroatoms. The molecule has 2 atom stereocenters. The zero-order chi connectivity index (χ0) is 12.1. The van der Waals surface area contributed by atoms with Crippen LogP contribution >= 0.6 is 0 Å². The van der Waals surface area contributed by atoms with E-state index in [0.29, 0.717) is 17.9 Å². The summed E-state index contributed by atoms with van der Waals surface area (Å²) < 4.78 is 5.06. The van der Waals surface area contributed by atoms with Crippen LogP contribution in [0.25, 0.3) is 0 Å². The molecule has 1 aromatic carbocycles. The monoisotopic (exact) mass is 224 g/mol. The average Bonchev–Trinajstić information content (AvgIpc) is 2.28. The fraction of sp³-hybridized carbons (Fsp3) is 0.500. The van der Waals surface area contributed by atoms with Gasteiger partial charge in [-0.3, -0.25) is 0 Å². The lowest BCUT2D eigenvalue weighted by Crippen LogP contribution is -2.23. The van der Waals surface area contributed by atoms with E-state index < -0.39 is 6.10 Å². The van der Waals surface area contributed by atoms with E-state index in [0.717, 1.165) is 5.56 Å². The molecule has 1 aromatic rings. The van der Waals surface area contributed by atoms with Crippen LogP contribution in [-0.2, 0) is 0 Å². The lowest BCUT2D eigenvalue weighted by Gasteiger charge is -2.18. The Bertz CT molecular complexity index is 342. The molecule has 0 fully saturated rings. The SMILES string of the molecule is CNC(C)CC(O)c1ccc(OC)cc1N. The molecular formula is C12H20N2O2. The first-order chi connectivity index (χ1) is 7.58. The molecule has 0 aliphatic carbocycles. The van der Waals surface area contributed by atoms with Crippen molar-refractivity contribution >= 4 is 5.69 Å². The number of nitrogens with one attached hydrogen (secondary N) is 1. The maximum absolute atomic E-state index is 10.0. The number of benzene rings is 1. The molecule has 0 aromatic heterocycles. The molecule has 1 rings (SSSR count). The number of hydrogen-bond acceptors (Lipinski definition) is 4. The van der Waals surface area contributed by atoms with Crippen molar-refractivity contribution in [1.82, 2.24) is 5.32 Å². The standard InChI is InChI=1S/C12H20N2O2/c1-8(14-2)6-12(15)10-5-4-9(16-3)7-11(10)13/h4-5,7-8,12,14-15H,6,13H2,1-3H3. The number of hydrogen-bond donors (Lipinski definition) is 3. The molecule has 0 amide bonds. The summed E-state index contributed by atoms with van der Waals surface area (Å²) in [6, 6.07) is 5.58. The molecule has 0 saturated heterocycles. The Morgan fingerprint density at radius 1 is 1.50 bits per heavy atom. The van der Waals surface area contributed by atoms with Gasteiger partial charge < -0.3 is 20.9 Å². The van der Waals surface area contributed by atoms with Gasteiger partial charge in [-0.15, -0.1) is 0 Å². The number of rotatable bonds is 5. The molecular weight excluding hydrogens is 204 g/mol. The molecule has 2 unspecified atom stereocenters.